The molecule has 6 nitrogen and oxygen atoms in total. The zero-order valence-electron chi connectivity index (χ0n) is 17.5. The molecule has 2 saturated heterocycles. The molecule has 1 aromatic heterocycles. The Morgan fingerprint density at radius 1 is 1.06 bits per heavy atom. The number of halogens is 1. The molecule has 0 aliphatic carbocycles. The normalized spacial score (nSPS) is 27.9. The van der Waals surface area contributed by atoms with Gasteiger partial charge in [-0.25, -0.2) is 0 Å². The van der Waals surface area contributed by atoms with Crippen molar-refractivity contribution in [2.24, 2.45) is 11.8 Å². The summed E-state index contributed by atoms with van der Waals surface area (Å²) in [5.74, 6) is -0.104. The molecule has 2 aromatic rings. The third kappa shape index (κ3) is 3.51. The van der Waals surface area contributed by atoms with E-state index < -0.39 is 6.04 Å². The zero-order valence-corrected chi connectivity index (χ0v) is 18.2. The summed E-state index contributed by atoms with van der Waals surface area (Å²) in [5.41, 5.74) is 1.85. The number of piperidine rings is 1. The average molecular weight is 442 g/mol. The Bertz CT molecular complexity index is 1030. The van der Waals surface area contributed by atoms with E-state index in [2.05, 4.69) is 4.90 Å². The van der Waals surface area contributed by atoms with Gasteiger partial charge in [-0.05, 0) is 37.0 Å². The van der Waals surface area contributed by atoms with E-state index in [-0.39, 0.29) is 36.0 Å². The van der Waals surface area contributed by atoms with Gasteiger partial charge >= 0.3 is 0 Å². The molecule has 5 rings (SSSR count). The summed E-state index contributed by atoms with van der Waals surface area (Å²) < 4.78 is 1.80. The van der Waals surface area contributed by atoms with Crippen molar-refractivity contribution in [3.8, 4) is 0 Å². The smallest absolute Gasteiger partial charge is 0.250 e. The lowest BCUT2D eigenvalue weighted by atomic mass is 9.88. The van der Waals surface area contributed by atoms with E-state index in [0.29, 0.717) is 18.1 Å². The van der Waals surface area contributed by atoms with Crippen molar-refractivity contribution in [3.05, 3.63) is 69.1 Å². The number of carbonyl (C=O) groups excluding carboxylic acids is 1. The van der Waals surface area contributed by atoms with Crippen LogP contribution in [0.4, 0.5) is 0 Å². The van der Waals surface area contributed by atoms with Crippen LogP contribution in [-0.2, 0) is 17.9 Å². The van der Waals surface area contributed by atoms with E-state index in [1.165, 1.54) is 0 Å². The van der Waals surface area contributed by atoms with Gasteiger partial charge in [0, 0.05) is 61.4 Å². The fourth-order valence-electron chi connectivity index (χ4n) is 5.84. The number of nitrogens with zero attached hydrogens (tertiary/aromatic N) is 3. The molecule has 4 heterocycles. The molecular formula is C24H28ClN3O3. The summed E-state index contributed by atoms with van der Waals surface area (Å²) in [7, 11) is 0. The third-order valence-electron chi connectivity index (χ3n) is 7.30. The molecule has 0 radical (unpaired) electrons. The molecule has 2 fully saturated rings. The van der Waals surface area contributed by atoms with E-state index in [4.69, 9.17) is 11.6 Å². The van der Waals surface area contributed by atoms with Crippen LogP contribution >= 0.6 is 11.6 Å². The molecule has 0 unspecified atom stereocenters. The summed E-state index contributed by atoms with van der Waals surface area (Å²) in [6, 6.07) is 12.5. The molecule has 7 heteroatoms. The van der Waals surface area contributed by atoms with Gasteiger partial charge in [0.2, 0.25) is 5.91 Å². The molecule has 0 spiro atoms. The highest BCUT2D eigenvalue weighted by atomic mass is 35.5. The Balaban J connectivity index is 1.57. The van der Waals surface area contributed by atoms with E-state index in [9.17, 15) is 14.7 Å². The Hall–Kier alpha value is -2.15. The molecule has 1 N–H and O–H groups in total. The lowest BCUT2D eigenvalue weighted by molar-refractivity contribution is -0.139. The van der Waals surface area contributed by atoms with Crippen LogP contribution in [-0.4, -0.2) is 51.1 Å². The molecule has 3 aliphatic heterocycles. The highest BCUT2D eigenvalue weighted by Gasteiger charge is 2.56. The van der Waals surface area contributed by atoms with Crippen molar-refractivity contribution in [1.29, 1.82) is 0 Å². The largest absolute Gasteiger partial charge is 0.396 e. The second-order valence-electron chi connectivity index (χ2n) is 8.95. The zero-order chi connectivity index (χ0) is 21.5. The van der Waals surface area contributed by atoms with Gasteiger partial charge in [0.05, 0.1) is 12.1 Å². The van der Waals surface area contributed by atoms with Gasteiger partial charge in [0.15, 0.2) is 0 Å². The monoisotopic (exact) mass is 441 g/mol. The average Bonchev–Trinajstić information content (AvgIpc) is 3.31. The van der Waals surface area contributed by atoms with Gasteiger partial charge in [0.1, 0.15) is 0 Å². The molecule has 4 atom stereocenters. The number of amides is 1. The van der Waals surface area contributed by atoms with Crippen molar-refractivity contribution >= 4 is 17.5 Å². The molecule has 1 aromatic carbocycles. The van der Waals surface area contributed by atoms with Gasteiger partial charge in [-0.3, -0.25) is 14.5 Å². The standard InChI is InChI=1S/C24H28ClN3O3/c25-19-8-3-2-7-16(19)13-28-22-17(14-27-20(22)9-6-10-21(27)30)18(15-29)23(28)24(31)26-11-4-1-5-12-26/h2-3,6-10,17-18,22-23,29H,1,4-5,11-15H2/t17-,18-,22+,23-/m0/s1. The summed E-state index contributed by atoms with van der Waals surface area (Å²) in [6.45, 7) is 2.52. The fourth-order valence-corrected chi connectivity index (χ4v) is 6.04. The van der Waals surface area contributed by atoms with Crippen LogP contribution in [0.15, 0.2) is 47.3 Å². The molecule has 0 bridgehead atoms. The number of aliphatic hydroxyl groups is 1. The topological polar surface area (TPSA) is 65.8 Å². The van der Waals surface area contributed by atoms with Crippen molar-refractivity contribution in [2.75, 3.05) is 19.7 Å². The Kier molecular flexibility index (Phi) is 5.63. The second kappa shape index (κ2) is 8.41. The van der Waals surface area contributed by atoms with Gasteiger partial charge in [-0.15, -0.1) is 0 Å². The molecule has 31 heavy (non-hydrogen) atoms. The number of hydrogen-bond acceptors (Lipinski definition) is 4. The first kappa shape index (κ1) is 20.7. The van der Waals surface area contributed by atoms with E-state index in [1.54, 1.807) is 16.7 Å². The number of rotatable bonds is 4. The first-order valence-electron chi connectivity index (χ1n) is 11.2. The van der Waals surface area contributed by atoms with Crippen molar-refractivity contribution in [3.63, 3.8) is 0 Å². The number of aromatic nitrogens is 1. The fraction of sp³-hybridized carbons (Fsp3) is 0.500. The van der Waals surface area contributed by atoms with Crippen LogP contribution in [0.2, 0.25) is 5.02 Å². The highest BCUT2D eigenvalue weighted by Crippen LogP contribution is 2.50. The van der Waals surface area contributed by atoms with Gasteiger partial charge in [-0.2, -0.15) is 0 Å². The first-order chi connectivity index (χ1) is 15.1. The SMILES string of the molecule is O=C([C@@H]1[C@@H](CO)[C@@H]2Cn3c(cccc3=O)[C@@H]2N1Cc1ccccc1Cl)N1CCCCC1. The predicted molar refractivity (Wildman–Crippen MR) is 119 cm³/mol. The van der Waals surface area contributed by atoms with Gasteiger partial charge in [0.25, 0.3) is 5.56 Å². The lowest BCUT2D eigenvalue weighted by Crippen LogP contribution is -2.51. The minimum Gasteiger partial charge on any atom is -0.396 e. The second-order valence-corrected chi connectivity index (χ2v) is 9.36. The highest BCUT2D eigenvalue weighted by molar-refractivity contribution is 6.31. The molecule has 0 saturated carbocycles. The Morgan fingerprint density at radius 3 is 2.58 bits per heavy atom. The van der Waals surface area contributed by atoms with Gasteiger partial charge < -0.3 is 14.6 Å². The molecule has 1 amide bonds. The molecule has 164 valence electrons. The summed E-state index contributed by atoms with van der Waals surface area (Å²) in [6.07, 6.45) is 3.21. The maximum absolute atomic E-state index is 13.7. The van der Waals surface area contributed by atoms with Crippen molar-refractivity contribution < 1.29 is 9.90 Å². The van der Waals surface area contributed by atoms with E-state index in [1.807, 2.05) is 35.2 Å². The van der Waals surface area contributed by atoms with Crippen LogP contribution in [0.5, 0.6) is 0 Å². The van der Waals surface area contributed by atoms with Crippen molar-refractivity contribution in [1.82, 2.24) is 14.4 Å². The van der Waals surface area contributed by atoms with Crippen LogP contribution in [0, 0.1) is 11.8 Å². The van der Waals surface area contributed by atoms with E-state index >= 15 is 0 Å². The summed E-state index contributed by atoms with van der Waals surface area (Å²) in [4.78, 5) is 30.4. The minimum absolute atomic E-state index is 0.0151. The predicted octanol–water partition coefficient (Wildman–Crippen LogP) is 2.68. The number of aliphatic hydroxyl groups excluding tert-OH is 1. The number of pyridine rings is 1. The molecule has 3 aliphatic rings. The van der Waals surface area contributed by atoms with Gasteiger partial charge in [-0.1, -0.05) is 35.9 Å². The third-order valence-corrected chi connectivity index (χ3v) is 7.67. The van der Waals surface area contributed by atoms with Crippen LogP contribution in [0.3, 0.4) is 0 Å². The quantitative estimate of drug-likeness (QED) is 0.792. The minimum atomic E-state index is -0.418. The lowest BCUT2D eigenvalue weighted by Gasteiger charge is -2.36. The summed E-state index contributed by atoms with van der Waals surface area (Å²) >= 11 is 6.49. The Labute approximate surface area is 187 Å². The van der Waals surface area contributed by atoms with Crippen LogP contribution in [0.1, 0.15) is 36.6 Å². The number of likely N-dealkylation sites (tertiary alicyclic amines) is 2. The number of carbonyl (C=O) groups is 1. The number of hydrogen-bond donors (Lipinski definition) is 1. The summed E-state index contributed by atoms with van der Waals surface area (Å²) in [5, 5.41) is 11.1. The van der Waals surface area contributed by atoms with Crippen molar-refractivity contribution in [2.45, 2.75) is 44.4 Å². The number of benzene rings is 1. The van der Waals surface area contributed by atoms with Crippen LogP contribution in [0.25, 0.3) is 0 Å². The van der Waals surface area contributed by atoms with Crippen LogP contribution < -0.4 is 5.56 Å². The number of fused-ring (bicyclic) bond motifs is 3. The first-order valence-corrected chi connectivity index (χ1v) is 11.6. The van der Waals surface area contributed by atoms with E-state index in [0.717, 1.165) is 43.6 Å². The molecular weight excluding hydrogens is 414 g/mol. The maximum atomic E-state index is 13.7. The maximum Gasteiger partial charge on any atom is 0.250 e. The Morgan fingerprint density at radius 2 is 1.84 bits per heavy atom.